The molecule has 0 fully saturated rings. The molecular weight excluding hydrogens is 362 g/mol. The summed E-state index contributed by atoms with van der Waals surface area (Å²) in [6, 6.07) is 5.55. The van der Waals surface area contributed by atoms with Crippen LogP contribution in [0.2, 0.25) is 0 Å². The Morgan fingerprint density at radius 3 is 2.63 bits per heavy atom. The van der Waals surface area contributed by atoms with E-state index in [2.05, 4.69) is 11.9 Å². The van der Waals surface area contributed by atoms with E-state index in [1.165, 1.54) is 17.4 Å². The summed E-state index contributed by atoms with van der Waals surface area (Å²) < 4.78 is 12.2. The van der Waals surface area contributed by atoms with E-state index >= 15 is 0 Å². The Kier molecular flexibility index (Phi) is 7.02. The molecule has 2 rings (SSSR count). The summed E-state index contributed by atoms with van der Waals surface area (Å²) >= 11 is 1.26. The molecule has 1 aromatic carbocycles. The lowest BCUT2D eigenvalue weighted by Crippen LogP contribution is -2.22. The van der Waals surface area contributed by atoms with Gasteiger partial charge in [-0.3, -0.25) is 9.59 Å². The summed E-state index contributed by atoms with van der Waals surface area (Å²) in [7, 11) is 1.60. The molecule has 0 bridgehead atoms. The molecule has 0 aliphatic carbocycles. The van der Waals surface area contributed by atoms with Gasteiger partial charge in [0.05, 0.1) is 22.9 Å². The van der Waals surface area contributed by atoms with Crippen LogP contribution in [0.15, 0.2) is 23.0 Å². The molecular formula is C21H27NO4S. The third-order valence-electron chi connectivity index (χ3n) is 3.92. The number of carbonyl (C=O) groups is 1. The lowest BCUT2D eigenvalue weighted by molar-refractivity contribution is -0.119. The van der Waals surface area contributed by atoms with Gasteiger partial charge in [-0.25, -0.2) is 0 Å². The third-order valence-corrected chi connectivity index (χ3v) is 4.89. The van der Waals surface area contributed by atoms with Crippen LogP contribution in [0.25, 0.3) is 12.2 Å². The smallest absolute Gasteiger partial charge is 0.266 e. The molecule has 0 aliphatic rings. The van der Waals surface area contributed by atoms with E-state index in [0.717, 1.165) is 18.4 Å². The number of thiazole rings is 1. The molecule has 1 aromatic heterocycles. The van der Waals surface area contributed by atoms with Crippen molar-refractivity contribution in [3.8, 4) is 11.5 Å². The van der Waals surface area contributed by atoms with Crippen molar-refractivity contribution in [1.29, 1.82) is 0 Å². The number of aromatic amines is 1. The lowest BCUT2D eigenvalue weighted by Gasteiger charge is -2.12. The first-order valence-electron chi connectivity index (χ1n) is 9.02. The normalized spacial score (nSPS) is 13.1. The zero-order valence-corrected chi connectivity index (χ0v) is 17.4. The first kappa shape index (κ1) is 21.0. The molecule has 1 heterocycles. The molecule has 0 amide bonds. The largest absolute Gasteiger partial charge is 0.493 e. The number of carbonyl (C=O) groups excluding carboxylic acids is 1. The van der Waals surface area contributed by atoms with Gasteiger partial charge in [-0.2, -0.15) is 0 Å². The van der Waals surface area contributed by atoms with E-state index in [9.17, 15) is 9.59 Å². The van der Waals surface area contributed by atoms with Crippen molar-refractivity contribution in [1.82, 2.24) is 4.98 Å². The number of Topliss-reactive ketones (excluding diaryl/α,β-unsaturated/α-hetero) is 1. The number of hydrogen-bond acceptors (Lipinski definition) is 5. The quantitative estimate of drug-likeness (QED) is 0.740. The molecule has 0 aliphatic heterocycles. The summed E-state index contributed by atoms with van der Waals surface area (Å²) in [4.78, 5) is 27.1. The minimum atomic E-state index is -0.481. The highest BCUT2D eigenvalue weighted by molar-refractivity contribution is 7.07. The molecule has 1 N–H and O–H groups in total. The molecule has 0 saturated heterocycles. The van der Waals surface area contributed by atoms with Gasteiger partial charge in [-0.1, -0.05) is 40.2 Å². The number of aromatic nitrogens is 1. The maximum Gasteiger partial charge on any atom is 0.266 e. The fraction of sp³-hybridized carbons (Fsp3) is 0.429. The Labute approximate surface area is 163 Å². The van der Waals surface area contributed by atoms with Gasteiger partial charge in [0.2, 0.25) is 0 Å². The Morgan fingerprint density at radius 1 is 1.26 bits per heavy atom. The fourth-order valence-electron chi connectivity index (χ4n) is 2.23. The van der Waals surface area contributed by atoms with E-state index in [1.807, 2.05) is 39.0 Å². The van der Waals surface area contributed by atoms with Crippen LogP contribution in [0.3, 0.4) is 0 Å². The van der Waals surface area contributed by atoms with Crippen molar-refractivity contribution < 1.29 is 14.3 Å². The minimum Gasteiger partial charge on any atom is -0.493 e. The predicted molar refractivity (Wildman–Crippen MR) is 110 cm³/mol. The molecule has 6 heteroatoms. The number of unbranched alkanes of at least 4 members (excludes halogenated alkanes) is 1. The molecule has 0 radical (unpaired) electrons. The Morgan fingerprint density at radius 2 is 2.00 bits per heavy atom. The summed E-state index contributed by atoms with van der Waals surface area (Å²) in [6.45, 7) is 8.27. The lowest BCUT2D eigenvalue weighted by atomic mass is 9.91. The van der Waals surface area contributed by atoms with Crippen LogP contribution in [0.5, 0.6) is 11.5 Å². The van der Waals surface area contributed by atoms with Crippen LogP contribution < -0.4 is 24.2 Å². The van der Waals surface area contributed by atoms with Crippen LogP contribution >= 0.6 is 11.3 Å². The highest BCUT2D eigenvalue weighted by Gasteiger charge is 2.18. The van der Waals surface area contributed by atoms with E-state index in [-0.39, 0.29) is 11.3 Å². The number of benzene rings is 1. The predicted octanol–water partition coefficient (Wildman–Crippen LogP) is 2.85. The summed E-state index contributed by atoms with van der Waals surface area (Å²) in [6.07, 6.45) is 5.29. The highest BCUT2D eigenvalue weighted by atomic mass is 32.1. The van der Waals surface area contributed by atoms with Crippen molar-refractivity contribution in [3.05, 3.63) is 43.3 Å². The van der Waals surface area contributed by atoms with Crippen LogP contribution in [-0.4, -0.2) is 24.5 Å². The van der Waals surface area contributed by atoms with Crippen molar-refractivity contribution in [2.24, 2.45) is 5.41 Å². The number of hydrogen-bond donors (Lipinski definition) is 1. The van der Waals surface area contributed by atoms with Gasteiger partial charge in [-0.05, 0) is 30.2 Å². The standard InChI is InChI=1S/C21H27NO4S/c1-6-7-10-26-16-11-14(8-9-15(16)25-5)12-17-20(24)22-19(27-17)13-18(23)21(2,3)4/h8-9,11-13H,6-7,10H2,1-5H3,(H,22,24). The average molecular weight is 390 g/mol. The Balaban J connectivity index is 2.39. The van der Waals surface area contributed by atoms with Crippen molar-refractivity contribution in [3.63, 3.8) is 0 Å². The second-order valence-corrected chi connectivity index (χ2v) is 8.38. The topological polar surface area (TPSA) is 68.4 Å². The third kappa shape index (κ3) is 5.82. The van der Waals surface area contributed by atoms with E-state index < -0.39 is 5.41 Å². The molecule has 0 unspecified atom stereocenters. The second kappa shape index (κ2) is 9.04. The van der Waals surface area contributed by atoms with Crippen LogP contribution in [-0.2, 0) is 4.79 Å². The SMILES string of the molecule is CCCCOc1cc(C=c2sc(=CC(=O)C(C)(C)C)[nH]c2=O)ccc1OC. The van der Waals surface area contributed by atoms with Gasteiger partial charge < -0.3 is 14.5 Å². The summed E-state index contributed by atoms with van der Waals surface area (Å²) in [5.41, 5.74) is 0.145. The highest BCUT2D eigenvalue weighted by Crippen LogP contribution is 2.28. The summed E-state index contributed by atoms with van der Waals surface area (Å²) in [5, 5.41) is 0. The first-order valence-corrected chi connectivity index (χ1v) is 9.84. The Bertz CT molecular complexity index is 963. The van der Waals surface area contributed by atoms with Crippen molar-refractivity contribution >= 4 is 29.3 Å². The van der Waals surface area contributed by atoms with E-state index in [1.54, 1.807) is 13.2 Å². The molecule has 0 saturated carbocycles. The van der Waals surface area contributed by atoms with Gasteiger partial charge in [0.15, 0.2) is 17.3 Å². The van der Waals surface area contributed by atoms with E-state index in [4.69, 9.17) is 9.47 Å². The van der Waals surface area contributed by atoms with Gasteiger partial charge in [0, 0.05) is 11.5 Å². The van der Waals surface area contributed by atoms with Crippen LogP contribution in [0.1, 0.15) is 46.1 Å². The van der Waals surface area contributed by atoms with Gasteiger partial charge in [0.25, 0.3) is 5.56 Å². The van der Waals surface area contributed by atoms with Crippen molar-refractivity contribution in [2.45, 2.75) is 40.5 Å². The number of ketones is 1. The van der Waals surface area contributed by atoms with Crippen molar-refractivity contribution in [2.75, 3.05) is 13.7 Å². The van der Waals surface area contributed by atoms with Crippen LogP contribution in [0, 0.1) is 5.41 Å². The van der Waals surface area contributed by atoms with E-state index in [0.29, 0.717) is 27.3 Å². The number of nitrogens with one attached hydrogen (secondary N) is 1. The second-order valence-electron chi connectivity index (χ2n) is 7.30. The molecule has 27 heavy (non-hydrogen) atoms. The molecule has 5 nitrogen and oxygen atoms in total. The molecule has 146 valence electrons. The van der Waals surface area contributed by atoms with Crippen LogP contribution in [0.4, 0.5) is 0 Å². The maximum atomic E-state index is 12.2. The Hall–Kier alpha value is -2.34. The average Bonchev–Trinajstić information content (AvgIpc) is 2.93. The molecule has 0 spiro atoms. The van der Waals surface area contributed by atoms with Gasteiger partial charge >= 0.3 is 0 Å². The molecule has 0 atom stereocenters. The van der Waals surface area contributed by atoms with Gasteiger partial charge in [0.1, 0.15) is 0 Å². The first-order chi connectivity index (χ1) is 12.7. The summed E-state index contributed by atoms with van der Waals surface area (Å²) in [5.74, 6) is 1.29. The fourth-order valence-corrected chi connectivity index (χ4v) is 3.12. The molecule has 2 aromatic rings. The number of methoxy groups -OCH3 is 1. The number of H-pyrrole nitrogens is 1. The minimum absolute atomic E-state index is 0.0254. The van der Waals surface area contributed by atoms with Gasteiger partial charge in [-0.15, -0.1) is 11.3 Å². The zero-order valence-electron chi connectivity index (χ0n) is 16.5. The number of ether oxygens (including phenoxy) is 2. The number of rotatable bonds is 7. The monoisotopic (exact) mass is 389 g/mol. The zero-order chi connectivity index (χ0) is 20.0. The maximum absolute atomic E-state index is 12.2.